The second-order valence-corrected chi connectivity index (χ2v) is 4.79. The largest absolute Gasteiger partial charge is 0.493 e. The van der Waals surface area contributed by atoms with E-state index in [1.807, 2.05) is 13.0 Å². The molecule has 0 spiro atoms. The molecular weight excluding hydrogens is 306 g/mol. The van der Waals surface area contributed by atoms with Crippen LogP contribution in [-0.4, -0.2) is 33.9 Å². The van der Waals surface area contributed by atoms with Crippen molar-refractivity contribution in [1.29, 1.82) is 0 Å². The maximum atomic E-state index is 6.12. The van der Waals surface area contributed by atoms with Gasteiger partial charge in [0.25, 0.3) is 0 Å². The number of methoxy groups -OCH3 is 1. The lowest BCUT2D eigenvalue weighted by atomic mass is 10.2. The van der Waals surface area contributed by atoms with Gasteiger partial charge in [-0.3, -0.25) is 0 Å². The van der Waals surface area contributed by atoms with Crippen molar-refractivity contribution in [2.75, 3.05) is 19.0 Å². The molecule has 0 atom stereocenters. The monoisotopic (exact) mass is 323 g/mol. The third kappa shape index (κ3) is 3.67. The molecule has 1 heterocycles. The predicted molar refractivity (Wildman–Crippen MR) is 84.5 cm³/mol. The normalized spacial score (nSPS) is 10.3. The fourth-order valence-corrected chi connectivity index (χ4v) is 2.20. The number of nitrogens with zero attached hydrogens (tertiary/aromatic N) is 4. The standard InChI is InChI=1S/C14H18ClN5O2/c1-4-6-20-14(17-18-19-20)16-9-10-7-11(15)8-12(21-3)13(10)22-5-2/h4,7-8H,1,5-6,9H2,2-3H3,(H,16,17,19). The Kier molecular flexibility index (Phi) is 5.60. The van der Waals surface area contributed by atoms with E-state index in [0.717, 1.165) is 5.56 Å². The second kappa shape index (κ2) is 7.65. The Morgan fingerprint density at radius 3 is 2.95 bits per heavy atom. The summed E-state index contributed by atoms with van der Waals surface area (Å²) in [7, 11) is 1.58. The van der Waals surface area contributed by atoms with Crippen LogP contribution < -0.4 is 14.8 Å². The van der Waals surface area contributed by atoms with E-state index in [1.54, 1.807) is 23.9 Å². The number of aromatic nitrogens is 4. The summed E-state index contributed by atoms with van der Waals surface area (Å²) in [6.45, 7) is 7.08. The molecule has 0 bridgehead atoms. The first-order valence-corrected chi connectivity index (χ1v) is 7.17. The highest BCUT2D eigenvalue weighted by Crippen LogP contribution is 2.35. The molecule has 0 radical (unpaired) electrons. The Morgan fingerprint density at radius 1 is 1.45 bits per heavy atom. The third-order valence-electron chi connectivity index (χ3n) is 2.88. The zero-order chi connectivity index (χ0) is 15.9. The molecule has 0 fully saturated rings. The maximum absolute atomic E-state index is 6.12. The van der Waals surface area contributed by atoms with Crippen LogP contribution >= 0.6 is 11.6 Å². The van der Waals surface area contributed by atoms with Crippen molar-refractivity contribution >= 4 is 17.5 Å². The molecule has 2 rings (SSSR count). The number of tetrazole rings is 1. The molecule has 1 N–H and O–H groups in total. The topological polar surface area (TPSA) is 74.1 Å². The van der Waals surface area contributed by atoms with Gasteiger partial charge in [-0.2, -0.15) is 0 Å². The summed E-state index contributed by atoms with van der Waals surface area (Å²) in [6.07, 6.45) is 1.72. The van der Waals surface area contributed by atoms with Gasteiger partial charge in [0.15, 0.2) is 11.5 Å². The van der Waals surface area contributed by atoms with E-state index in [1.165, 1.54) is 0 Å². The van der Waals surface area contributed by atoms with Crippen molar-refractivity contribution in [3.63, 3.8) is 0 Å². The summed E-state index contributed by atoms with van der Waals surface area (Å²) in [5.41, 5.74) is 0.861. The van der Waals surface area contributed by atoms with Crippen LogP contribution in [0.25, 0.3) is 0 Å². The SMILES string of the molecule is C=CCn1nnnc1NCc1cc(Cl)cc(OC)c1OCC. The van der Waals surface area contributed by atoms with Crippen LogP contribution in [0.2, 0.25) is 5.02 Å². The summed E-state index contributed by atoms with van der Waals surface area (Å²) in [5, 5.41) is 15.2. The molecule has 1 aromatic carbocycles. The zero-order valence-electron chi connectivity index (χ0n) is 12.5. The van der Waals surface area contributed by atoms with Crippen LogP contribution in [0, 0.1) is 0 Å². The Morgan fingerprint density at radius 2 is 2.27 bits per heavy atom. The number of hydrogen-bond acceptors (Lipinski definition) is 6. The molecule has 2 aromatic rings. The van der Waals surface area contributed by atoms with Gasteiger partial charge >= 0.3 is 0 Å². The summed E-state index contributed by atoms with van der Waals surface area (Å²) in [5.74, 6) is 1.79. The van der Waals surface area contributed by atoms with Gasteiger partial charge in [-0.15, -0.1) is 6.58 Å². The van der Waals surface area contributed by atoms with E-state index in [-0.39, 0.29) is 0 Å². The molecule has 1 aromatic heterocycles. The lowest BCUT2D eigenvalue weighted by Crippen LogP contribution is -2.10. The van der Waals surface area contributed by atoms with E-state index in [9.17, 15) is 0 Å². The van der Waals surface area contributed by atoms with Crippen molar-refractivity contribution in [2.24, 2.45) is 0 Å². The number of ether oxygens (including phenoxy) is 2. The summed E-state index contributed by atoms with van der Waals surface area (Å²) >= 11 is 6.12. The van der Waals surface area contributed by atoms with Crippen LogP contribution in [0.4, 0.5) is 5.95 Å². The van der Waals surface area contributed by atoms with Gasteiger partial charge in [0.2, 0.25) is 5.95 Å². The fourth-order valence-electron chi connectivity index (χ4n) is 1.96. The molecule has 118 valence electrons. The Bertz CT molecular complexity index is 644. The lowest BCUT2D eigenvalue weighted by Gasteiger charge is -2.15. The highest BCUT2D eigenvalue weighted by molar-refractivity contribution is 6.30. The highest BCUT2D eigenvalue weighted by atomic mass is 35.5. The highest BCUT2D eigenvalue weighted by Gasteiger charge is 2.13. The molecule has 0 aliphatic heterocycles. The van der Waals surface area contributed by atoms with E-state index in [0.29, 0.717) is 42.2 Å². The first-order chi connectivity index (χ1) is 10.7. The number of halogens is 1. The van der Waals surface area contributed by atoms with Crippen molar-refractivity contribution in [2.45, 2.75) is 20.0 Å². The average Bonchev–Trinajstić information content (AvgIpc) is 2.95. The van der Waals surface area contributed by atoms with Crippen LogP contribution in [-0.2, 0) is 13.1 Å². The zero-order valence-corrected chi connectivity index (χ0v) is 13.3. The van der Waals surface area contributed by atoms with Crippen LogP contribution in [0.15, 0.2) is 24.8 Å². The van der Waals surface area contributed by atoms with Crippen molar-refractivity contribution in [1.82, 2.24) is 20.2 Å². The van der Waals surface area contributed by atoms with E-state index >= 15 is 0 Å². The molecule has 0 saturated heterocycles. The molecule has 0 amide bonds. The molecule has 7 nitrogen and oxygen atoms in total. The molecule has 8 heteroatoms. The molecular formula is C14H18ClN5O2. The number of nitrogens with one attached hydrogen (secondary N) is 1. The summed E-state index contributed by atoms with van der Waals surface area (Å²) in [6, 6.07) is 3.54. The molecule has 0 aliphatic rings. The quantitative estimate of drug-likeness (QED) is 0.752. The van der Waals surface area contributed by atoms with Crippen molar-refractivity contribution < 1.29 is 9.47 Å². The lowest BCUT2D eigenvalue weighted by molar-refractivity contribution is 0.308. The van der Waals surface area contributed by atoms with Gasteiger partial charge in [0.05, 0.1) is 20.3 Å². The Hall–Kier alpha value is -2.28. The number of benzene rings is 1. The van der Waals surface area contributed by atoms with Crippen LogP contribution in [0.5, 0.6) is 11.5 Å². The minimum Gasteiger partial charge on any atom is -0.493 e. The molecule has 0 unspecified atom stereocenters. The first kappa shape index (κ1) is 16.1. The van der Waals surface area contributed by atoms with E-state index < -0.39 is 0 Å². The maximum Gasteiger partial charge on any atom is 0.243 e. The Balaban J connectivity index is 2.22. The minimum atomic E-state index is 0.448. The van der Waals surface area contributed by atoms with E-state index in [4.69, 9.17) is 21.1 Å². The molecule has 0 aliphatic carbocycles. The van der Waals surface area contributed by atoms with Crippen molar-refractivity contribution in [3.8, 4) is 11.5 Å². The van der Waals surface area contributed by atoms with Gasteiger partial charge in [0, 0.05) is 23.2 Å². The minimum absolute atomic E-state index is 0.448. The van der Waals surface area contributed by atoms with Crippen LogP contribution in [0.3, 0.4) is 0 Å². The van der Waals surface area contributed by atoms with Gasteiger partial charge in [0.1, 0.15) is 0 Å². The number of anilines is 1. The van der Waals surface area contributed by atoms with Gasteiger partial charge in [-0.05, 0) is 23.4 Å². The third-order valence-corrected chi connectivity index (χ3v) is 3.09. The number of rotatable bonds is 8. The molecule has 0 saturated carbocycles. The number of allylic oxidation sites excluding steroid dienone is 1. The van der Waals surface area contributed by atoms with Gasteiger partial charge < -0.3 is 14.8 Å². The molecule has 22 heavy (non-hydrogen) atoms. The van der Waals surface area contributed by atoms with Gasteiger partial charge in [-0.1, -0.05) is 22.8 Å². The van der Waals surface area contributed by atoms with Crippen LogP contribution in [0.1, 0.15) is 12.5 Å². The summed E-state index contributed by atoms with van der Waals surface area (Å²) < 4.78 is 12.6. The average molecular weight is 324 g/mol. The number of hydrogen-bond donors (Lipinski definition) is 1. The Labute approximate surface area is 133 Å². The smallest absolute Gasteiger partial charge is 0.243 e. The second-order valence-electron chi connectivity index (χ2n) is 4.36. The van der Waals surface area contributed by atoms with E-state index in [2.05, 4.69) is 27.4 Å². The predicted octanol–water partition coefficient (Wildman–Crippen LogP) is 2.53. The van der Waals surface area contributed by atoms with Crippen molar-refractivity contribution in [3.05, 3.63) is 35.4 Å². The fraction of sp³-hybridized carbons (Fsp3) is 0.357. The first-order valence-electron chi connectivity index (χ1n) is 6.79. The summed E-state index contributed by atoms with van der Waals surface area (Å²) in [4.78, 5) is 0. The van der Waals surface area contributed by atoms with Gasteiger partial charge in [-0.25, -0.2) is 4.68 Å².